The molecule has 0 aromatic heterocycles. The van der Waals surface area contributed by atoms with E-state index >= 15 is 0 Å². The Kier molecular flexibility index (Phi) is 7.97. The van der Waals surface area contributed by atoms with E-state index in [1.54, 1.807) is 48.5 Å². The van der Waals surface area contributed by atoms with Crippen LogP contribution in [0.15, 0.2) is 71.6 Å². The van der Waals surface area contributed by atoms with Crippen molar-refractivity contribution in [3.8, 4) is 17.2 Å². The number of benzene rings is 3. The van der Waals surface area contributed by atoms with E-state index in [2.05, 4.69) is 0 Å². The average Bonchev–Trinajstić information content (AvgIpc) is 3.13. The number of carbonyl (C=O) groups is 3. The third-order valence-electron chi connectivity index (χ3n) is 5.26. The van der Waals surface area contributed by atoms with Crippen LogP contribution in [-0.2, 0) is 4.79 Å². The van der Waals surface area contributed by atoms with E-state index in [9.17, 15) is 14.4 Å². The third kappa shape index (κ3) is 5.90. The van der Waals surface area contributed by atoms with Crippen LogP contribution in [0.2, 0.25) is 5.02 Å². The summed E-state index contributed by atoms with van der Waals surface area (Å²) < 4.78 is 16.5. The predicted octanol–water partition coefficient (Wildman–Crippen LogP) is 5.99. The second-order valence-electron chi connectivity index (χ2n) is 7.77. The predicted molar refractivity (Wildman–Crippen MR) is 139 cm³/mol. The molecule has 0 spiro atoms. The number of rotatable bonds is 8. The first-order valence-corrected chi connectivity index (χ1v) is 12.1. The van der Waals surface area contributed by atoms with E-state index in [1.165, 1.54) is 7.11 Å². The molecule has 7 nitrogen and oxygen atoms in total. The Labute approximate surface area is 217 Å². The van der Waals surface area contributed by atoms with Gasteiger partial charge < -0.3 is 14.2 Å². The molecule has 1 heterocycles. The molecule has 1 fully saturated rings. The summed E-state index contributed by atoms with van der Waals surface area (Å²) in [4.78, 5) is 39.3. The smallest absolute Gasteiger partial charge is 0.345 e. The highest BCUT2D eigenvalue weighted by molar-refractivity contribution is 8.18. The van der Waals surface area contributed by atoms with Crippen molar-refractivity contribution in [3.05, 3.63) is 93.3 Å². The van der Waals surface area contributed by atoms with E-state index in [4.69, 9.17) is 25.8 Å². The topological polar surface area (TPSA) is 82.1 Å². The molecule has 0 radical (unpaired) electrons. The molecule has 0 saturated carbocycles. The number of nitrogens with zero attached hydrogens (tertiary/aromatic N) is 1. The standard InChI is InChI=1S/C27H22ClNO6S/c1-17-7-10-19(11-8-17)34-14-13-29-25(30)24(36-27(29)32)16-18-9-12-22(33-2)23(15-18)35-26(31)20-5-3-4-6-21(20)28/h3-12,15-16H,13-14H2,1-2H3/b24-16-. The minimum Gasteiger partial charge on any atom is -0.493 e. The van der Waals surface area contributed by atoms with Crippen LogP contribution < -0.4 is 14.2 Å². The molecular weight excluding hydrogens is 502 g/mol. The minimum atomic E-state index is -0.648. The summed E-state index contributed by atoms with van der Waals surface area (Å²) >= 11 is 6.94. The van der Waals surface area contributed by atoms with E-state index in [-0.39, 0.29) is 39.6 Å². The van der Waals surface area contributed by atoms with Crippen LogP contribution in [0, 0.1) is 6.92 Å². The zero-order chi connectivity index (χ0) is 25.7. The van der Waals surface area contributed by atoms with Gasteiger partial charge in [-0.1, -0.05) is 47.5 Å². The number of hydrogen-bond donors (Lipinski definition) is 0. The van der Waals surface area contributed by atoms with Crippen LogP contribution in [0.25, 0.3) is 6.08 Å². The quantitative estimate of drug-likeness (QED) is 0.204. The number of methoxy groups -OCH3 is 1. The zero-order valence-corrected chi connectivity index (χ0v) is 21.1. The fourth-order valence-electron chi connectivity index (χ4n) is 3.38. The lowest BCUT2D eigenvalue weighted by Gasteiger charge is -2.13. The zero-order valence-electron chi connectivity index (χ0n) is 19.5. The van der Waals surface area contributed by atoms with E-state index in [1.807, 2.05) is 31.2 Å². The maximum atomic E-state index is 12.9. The molecule has 0 bridgehead atoms. The molecule has 4 rings (SSSR count). The lowest BCUT2D eigenvalue weighted by molar-refractivity contribution is -0.123. The SMILES string of the molecule is COc1ccc(/C=C2\SC(=O)N(CCOc3ccc(C)cc3)C2=O)cc1OC(=O)c1ccccc1Cl. The fourth-order valence-corrected chi connectivity index (χ4v) is 4.46. The van der Waals surface area contributed by atoms with Gasteiger partial charge in [0.1, 0.15) is 12.4 Å². The maximum Gasteiger partial charge on any atom is 0.345 e. The first-order valence-electron chi connectivity index (χ1n) is 11.0. The van der Waals surface area contributed by atoms with E-state index < -0.39 is 11.9 Å². The molecule has 3 aromatic carbocycles. The van der Waals surface area contributed by atoms with Crippen molar-refractivity contribution in [3.63, 3.8) is 0 Å². The number of carbonyl (C=O) groups excluding carboxylic acids is 3. The van der Waals surface area contributed by atoms with Crippen molar-refractivity contribution < 1.29 is 28.6 Å². The van der Waals surface area contributed by atoms with Crippen molar-refractivity contribution in [1.82, 2.24) is 4.90 Å². The maximum absolute atomic E-state index is 12.9. The highest BCUT2D eigenvalue weighted by Gasteiger charge is 2.34. The van der Waals surface area contributed by atoms with Crippen molar-refractivity contribution in [2.45, 2.75) is 6.92 Å². The fraction of sp³-hybridized carbons (Fsp3) is 0.148. The molecular formula is C27H22ClNO6S. The molecule has 0 aliphatic carbocycles. The largest absolute Gasteiger partial charge is 0.493 e. The van der Waals surface area contributed by atoms with Gasteiger partial charge in [-0.15, -0.1) is 0 Å². The minimum absolute atomic E-state index is 0.124. The van der Waals surface area contributed by atoms with Gasteiger partial charge in [0.25, 0.3) is 11.1 Å². The number of imide groups is 1. The summed E-state index contributed by atoms with van der Waals surface area (Å²) in [6.45, 7) is 2.28. The molecule has 1 aliphatic heterocycles. The molecule has 0 atom stereocenters. The van der Waals surface area contributed by atoms with Crippen molar-refractivity contribution in [2.24, 2.45) is 0 Å². The van der Waals surface area contributed by atoms with Crippen LogP contribution in [0.4, 0.5) is 4.79 Å². The highest BCUT2D eigenvalue weighted by Crippen LogP contribution is 2.35. The van der Waals surface area contributed by atoms with Gasteiger partial charge in [-0.3, -0.25) is 14.5 Å². The number of halogens is 1. The Morgan fingerprint density at radius 3 is 2.50 bits per heavy atom. The summed E-state index contributed by atoms with van der Waals surface area (Å²) in [5.74, 6) is 0.0870. The number of esters is 1. The highest BCUT2D eigenvalue weighted by atomic mass is 35.5. The number of amides is 2. The van der Waals surface area contributed by atoms with Gasteiger partial charge in [-0.05, 0) is 66.7 Å². The number of aryl methyl sites for hydroxylation is 1. The van der Waals surface area contributed by atoms with Crippen LogP contribution in [0.1, 0.15) is 21.5 Å². The van der Waals surface area contributed by atoms with Gasteiger partial charge in [-0.2, -0.15) is 0 Å². The number of hydrogen-bond acceptors (Lipinski definition) is 7. The monoisotopic (exact) mass is 523 g/mol. The number of ether oxygens (including phenoxy) is 3. The van der Waals surface area contributed by atoms with Crippen molar-refractivity contribution >= 4 is 46.6 Å². The van der Waals surface area contributed by atoms with Crippen LogP contribution >= 0.6 is 23.4 Å². The normalized spacial score (nSPS) is 14.3. The molecule has 3 aromatic rings. The Balaban J connectivity index is 1.46. The Bertz CT molecular complexity index is 1340. The van der Waals surface area contributed by atoms with Gasteiger partial charge in [0, 0.05) is 0 Å². The Morgan fingerprint density at radius 2 is 1.78 bits per heavy atom. The molecule has 184 valence electrons. The first kappa shape index (κ1) is 25.3. The van der Waals surface area contributed by atoms with Gasteiger partial charge >= 0.3 is 5.97 Å². The molecule has 0 N–H and O–H groups in total. The molecule has 0 unspecified atom stereocenters. The van der Waals surface area contributed by atoms with E-state index in [0.717, 1.165) is 22.2 Å². The number of thioether (sulfide) groups is 1. The van der Waals surface area contributed by atoms with E-state index in [0.29, 0.717) is 17.1 Å². The molecule has 1 aliphatic rings. The second-order valence-corrected chi connectivity index (χ2v) is 9.17. The van der Waals surface area contributed by atoms with Crippen LogP contribution in [-0.4, -0.2) is 42.3 Å². The lowest BCUT2D eigenvalue weighted by Crippen LogP contribution is -2.32. The lowest BCUT2D eigenvalue weighted by atomic mass is 10.1. The van der Waals surface area contributed by atoms with Gasteiger partial charge in [-0.25, -0.2) is 4.79 Å². The summed E-state index contributed by atoms with van der Waals surface area (Å²) in [7, 11) is 1.45. The van der Waals surface area contributed by atoms with Crippen molar-refractivity contribution in [1.29, 1.82) is 0 Å². The van der Waals surface area contributed by atoms with Crippen molar-refractivity contribution in [2.75, 3.05) is 20.3 Å². The molecule has 2 amide bonds. The summed E-state index contributed by atoms with van der Waals surface area (Å²) in [5.41, 5.74) is 1.87. The molecule has 9 heteroatoms. The summed E-state index contributed by atoms with van der Waals surface area (Å²) in [6, 6.07) is 18.9. The van der Waals surface area contributed by atoms with Gasteiger partial charge in [0.2, 0.25) is 0 Å². The Morgan fingerprint density at radius 1 is 1.03 bits per heavy atom. The van der Waals surface area contributed by atoms with Gasteiger partial charge in [0.15, 0.2) is 11.5 Å². The molecule has 1 saturated heterocycles. The second kappa shape index (κ2) is 11.3. The van der Waals surface area contributed by atoms with Crippen LogP contribution in [0.5, 0.6) is 17.2 Å². The summed E-state index contributed by atoms with van der Waals surface area (Å²) in [5, 5.41) is -0.115. The average molecular weight is 524 g/mol. The molecule has 36 heavy (non-hydrogen) atoms. The third-order valence-corrected chi connectivity index (χ3v) is 6.50. The first-order chi connectivity index (χ1) is 17.4. The van der Waals surface area contributed by atoms with Crippen LogP contribution in [0.3, 0.4) is 0 Å². The Hall–Kier alpha value is -3.75. The van der Waals surface area contributed by atoms with Gasteiger partial charge in [0.05, 0.1) is 29.1 Å². The summed E-state index contributed by atoms with van der Waals surface area (Å²) in [6.07, 6.45) is 1.57.